The summed E-state index contributed by atoms with van der Waals surface area (Å²) < 4.78 is 26.3. The minimum Gasteiger partial charge on any atom is -0.462 e. The van der Waals surface area contributed by atoms with Crippen molar-refractivity contribution in [3.8, 4) is 0 Å². The van der Waals surface area contributed by atoms with Gasteiger partial charge >= 0.3 is 19.8 Å². The number of carbonyl (C=O) groups is 2. The zero-order valence-corrected chi connectivity index (χ0v) is 31.3. The SMILES string of the molecule is CCCC/C=C\CCCCCCCC(=O)OC[C@H](COP(=O)(O)O)OC(=O)CCCCCCCCCCCCCCCCCCCC. The molecular weight excluding hydrogens is 615 g/mol. The first-order valence-electron chi connectivity index (χ1n) is 19.5. The van der Waals surface area contributed by atoms with Crippen LogP contribution < -0.4 is 0 Å². The molecule has 278 valence electrons. The minimum absolute atomic E-state index is 0.216. The summed E-state index contributed by atoms with van der Waals surface area (Å²) in [6, 6.07) is 0. The van der Waals surface area contributed by atoms with Crippen molar-refractivity contribution in [1.29, 1.82) is 0 Å². The zero-order chi connectivity index (χ0) is 34.7. The molecule has 0 fully saturated rings. The van der Waals surface area contributed by atoms with Crippen LogP contribution in [0.4, 0.5) is 0 Å². The van der Waals surface area contributed by atoms with Crippen molar-refractivity contribution in [2.24, 2.45) is 0 Å². The summed E-state index contributed by atoms with van der Waals surface area (Å²) in [7, 11) is -4.74. The molecule has 0 aromatic heterocycles. The highest BCUT2D eigenvalue weighted by atomic mass is 31.2. The highest BCUT2D eigenvalue weighted by Gasteiger charge is 2.22. The number of carbonyl (C=O) groups excluding carboxylic acids is 2. The second kappa shape index (κ2) is 34.6. The van der Waals surface area contributed by atoms with E-state index in [0.29, 0.717) is 12.8 Å². The van der Waals surface area contributed by atoms with Crippen LogP contribution in [0.15, 0.2) is 12.2 Å². The lowest BCUT2D eigenvalue weighted by atomic mass is 10.0. The minimum atomic E-state index is -4.74. The first-order chi connectivity index (χ1) is 22.8. The molecule has 47 heavy (non-hydrogen) atoms. The fourth-order valence-corrected chi connectivity index (χ4v) is 5.95. The van der Waals surface area contributed by atoms with Gasteiger partial charge in [-0.1, -0.05) is 167 Å². The van der Waals surface area contributed by atoms with Crippen LogP contribution in [-0.2, 0) is 28.2 Å². The fraction of sp³-hybridized carbons (Fsp3) is 0.895. The van der Waals surface area contributed by atoms with E-state index in [9.17, 15) is 14.2 Å². The first kappa shape index (κ1) is 45.8. The molecule has 9 heteroatoms. The van der Waals surface area contributed by atoms with Gasteiger partial charge in [0.15, 0.2) is 6.10 Å². The topological polar surface area (TPSA) is 119 Å². The molecule has 0 aromatic rings. The van der Waals surface area contributed by atoms with Gasteiger partial charge in [-0.05, 0) is 32.1 Å². The third kappa shape index (κ3) is 37.5. The Morgan fingerprint density at radius 2 is 0.915 bits per heavy atom. The predicted molar refractivity (Wildman–Crippen MR) is 193 cm³/mol. The summed E-state index contributed by atoms with van der Waals surface area (Å²) in [5.74, 6) is -0.887. The number of phosphoric ester groups is 1. The van der Waals surface area contributed by atoms with Crippen LogP contribution >= 0.6 is 7.82 Å². The molecule has 2 N–H and O–H groups in total. The molecule has 0 aromatic carbocycles. The molecule has 0 aliphatic carbocycles. The second-order valence-corrected chi connectivity index (χ2v) is 14.5. The van der Waals surface area contributed by atoms with E-state index in [0.717, 1.165) is 57.8 Å². The van der Waals surface area contributed by atoms with Gasteiger partial charge in [0.25, 0.3) is 0 Å². The molecule has 0 saturated heterocycles. The van der Waals surface area contributed by atoms with Gasteiger partial charge in [-0.3, -0.25) is 14.1 Å². The molecule has 0 aliphatic rings. The van der Waals surface area contributed by atoms with Crippen LogP contribution in [0.2, 0.25) is 0 Å². The Hall–Kier alpha value is -1.21. The molecule has 0 unspecified atom stereocenters. The zero-order valence-electron chi connectivity index (χ0n) is 30.4. The van der Waals surface area contributed by atoms with Crippen molar-refractivity contribution >= 4 is 19.8 Å². The van der Waals surface area contributed by atoms with E-state index in [4.69, 9.17) is 19.3 Å². The second-order valence-electron chi connectivity index (χ2n) is 13.3. The number of ether oxygens (including phenoxy) is 2. The monoisotopic (exact) mass is 689 g/mol. The van der Waals surface area contributed by atoms with Gasteiger partial charge in [-0.25, -0.2) is 4.57 Å². The predicted octanol–water partition coefficient (Wildman–Crippen LogP) is 11.5. The van der Waals surface area contributed by atoms with E-state index in [-0.39, 0.29) is 19.4 Å². The van der Waals surface area contributed by atoms with Crippen LogP contribution in [0.3, 0.4) is 0 Å². The van der Waals surface area contributed by atoms with Crippen LogP contribution in [0.1, 0.15) is 200 Å². The average Bonchev–Trinajstić information content (AvgIpc) is 3.03. The van der Waals surface area contributed by atoms with Crippen LogP contribution in [0, 0.1) is 0 Å². The van der Waals surface area contributed by atoms with E-state index < -0.39 is 32.5 Å². The molecular formula is C38H73O8P. The van der Waals surface area contributed by atoms with E-state index >= 15 is 0 Å². The van der Waals surface area contributed by atoms with Gasteiger partial charge in [0.05, 0.1) is 6.61 Å². The van der Waals surface area contributed by atoms with E-state index in [1.165, 1.54) is 103 Å². The highest BCUT2D eigenvalue weighted by molar-refractivity contribution is 7.46. The normalized spacial score (nSPS) is 12.5. The summed E-state index contributed by atoms with van der Waals surface area (Å²) in [5, 5.41) is 0. The quantitative estimate of drug-likeness (QED) is 0.0289. The number of hydrogen-bond donors (Lipinski definition) is 2. The Kier molecular flexibility index (Phi) is 33.8. The maximum Gasteiger partial charge on any atom is 0.469 e. The molecule has 0 aliphatic heterocycles. The Morgan fingerprint density at radius 3 is 1.36 bits per heavy atom. The largest absolute Gasteiger partial charge is 0.469 e. The molecule has 0 bridgehead atoms. The molecule has 0 spiro atoms. The molecule has 8 nitrogen and oxygen atoms in total. The van der Waals surface area contributed by atoms with Gasteiger partial charge in [0.1, 0.15) is 6.61 Å². The van der Waals surface area contributed by atoms with Crippen LogP contribution in [0.25, 0.3) is 0 Å². The van der Waals surface area contributed by atoms with E-state index in [2.05, 4.69) is 30.5 Å². The van der Waals surface area contributed by atoms with Crippen molar-refractivity contribution in [1.82, 2.24) is 0 Å². The number of hydrogen-bond acceptors (Lipinski definition) is 6. The molecule has 0 saturated carbocycles. The standard InChI is InChI=1S/C38H73O8P/c1-3-5-7-9-11-13-15-16-17-18-19-20-21-23-25-27-29-31-33-38(40)46-36(35-45-47(41,42)43)34-44-37(39)32-30-28-26-24-22-14-12-10-8-6-4-2/h10,12,36H,3-9,11,13-35H2,1-2H3,(H2,41,42,43)/b12-10-/t36-/m1/s1. The van der Waals surface area contributed by atoms with Crippen LogP contribution in [-0.4, -0.2) is 41.0 Å². The fourth-order valence-electron chi connectivity index (χ4n) is 5.59. The molecule has 0 amide bonds. The Morgan fingerprint density at radius 1 is 0.532 bits per heavy atom. The Bertz CT molecular complexity index is 782. The van der Waals surface area contributed by atoms with Crippen molar-refractivity contribution in [2.75, 3.05) is 13.2 Å². The Labute approximate surface area is 288 Å². The lowest BCUT2D eigenvalue weighted by Crippen LogP contribution is -2.29. The maximum absolute atomic E-state index is 12.4. The van der Waals surface area contributed by atoms with Crippen molar-refractivity contribution in [3.05, 3.63) is 12.2 Å². The maximum atomic E-state index is 12.4. The van der Waals surface area contributed by atoms with E-state index in [1.807, 2.05) is 0 Å². The molecule has 0 heterocycles. The van der Waals surface area contributed by atoms with Crippen molar-refractivity contribution in [2.45, 2.75) is 206 Å². The average molecular weight is 689 g/mol. The number of rotatable bonds is 36. The Balaban J connectivity index is 3.89. The lowest BCUT2D eigenvalue weighted by Gasteiger charge is -2.18. The van der Waals surface area contributed by atoms with Gasteiger partial charge in [0.2, 0.25) is 0 Å². The van der Waals surface area contributed by atoms with Crippen molar-refractivity contribution < 1.29 is 37.9 Å². The van der Waals surface area contributed by atoms with E-state index in [1.54, 1.807) is 0 Å². The number of allylic oxidation sites excluding steroid dienone is 2. The third-order valence-corrected chi connectivity index (χ3v) is 9.02. The molecule has 0 radical (unpaired) electrons. The number of phosphoric acid groups is 1. The highest BCUT2D eigenvalue weighted by Crippen LogP contribution is 2.36. The summed E-state index contributed by atoms with van der Waals surface area (Å²) in [6.07, 6.45) is 36.5. The summed E-state index contributed by atoms with van der Waals surface area (Å²) in [4.78, 5) is 42.7. The summed E-state index contributed by atoms with van der Waals surface area (Å²) in [6.45, 7) is 3.65. The molecule has 1 atom stereocenters. The summed E-state index contributed by atoms with van der Waals surface area (Å²) >= 11 is 0. The molecule has 0 rings (SSSR count). The number of unbranched alkanes of at least 4 members (excludes halogenated alkanes) is 24. The third-order valence-electron chi connectivity index (χ3n) is 8.53. The van der Waals surface area contributed by atoms with Gasteiger partial charge in [-0.2, -0.15) is 0 Å². The smallest absolute Gasteiger partial charge is 0.462 e. The van der Waals surface area contributed by atoms with Gasteiger partial charge in [0, 0.05) is 12.8 Å². The first-order valence-corrected chi connectivity index (χ1v) is 21.0. The lowest BCUT2D eigenvalue weighted by molar-refractivity contribution is -0.161. The van der Waals surface area contributed by atoms with Gasteiger partial charge in [-0.15, -0.1) is 0 Å². The van der Waals surface area contributed by atoms with Crippen LogP contribution in [0.5, 0.6) is 0 Å². The number of esters is 2. The van der Waals surface area contributed by atoms with Gasteiger partial charge < -0.3 is 19.3 Å². The summed E-state index contributed by atoms with van der Waals surface area (Å²) in [5.41, 5.74) is 0. The van der Waals surface area contributed by atoms with Crippen molar-refractivity contribution in [3.63, 3.8) is 0 Å².